The second-order valence-electron chi connectivity index (χ2n) is 4.81. The van der Waals surface area contributed by atoms with Crippen LogP contribution in [0.4, 0.5) is 0 Å². The first-order valence-electron chi connectivity index (χ1n) is 5.98. The molecule has 19 heavy (non-hydrogen) atoms. The van der Waals surface area contributed by atoms with E-state index >= 15 is 0 Å². The third-order valence-electron chi connectivity index (χ3n) is 3.18. The highest BCUT2D eigenvalue weighted by Gasteiger charge is 2.32. The predicted octanol–water partition coefficient (Wildman–Crippen LogP) is 0.0260. The second kappa shape index (κ2) is 4.32. The molecule has 2 heterocycles. The molecule has 0 amide bonds. The highest BCUT2D eigenvalue weighted by molar-refractivity contribution is 7.89. The number of esters is 1. The summed E-state index contributed by atoms with van der Waals surface area (Å²) in [5.74, 6) is -0.532. The van der Waals surface area contributed by atoms with Crippen LogP contribution in [0.3, 0.4) is 0 Å². The molecule has 1 aromatic rings. The van der Waals surface area contributed by atoms with Crippen LogP contribution >= 0.6 is 0 Å². The van der Waals surface area contributed by atoms with Gasteiger partial charge in [0.15, 0.2) is 0 Å². The van der Waals surface area contributed by atoms with Crippen molar-refractivity contribution in [3.63, 3.8) is 0 Å². The SMILES string of the molecule is NS(=O)(=O)c1cc(C(=O)OC2COC2)n(C2CC2)c1. The first-order valence-corrected chi connectivity index (χ1v) is 7.53. The minimum Gasteiger partial charge on any atom is -0.453 e. The zero-order valence-electron chi connectivity index (χ0n) is 10.1. The van der Waals surface area contributed by atoms with E-state index in [1.165, 1.54) is 12.3 Å². The summed E-state index contributed by atoms with van der Waals surface area (Å²) in [5, 5.41) is 5.09. The Morgan fingerprint density at radius 1 is 1.42 bits per heavy atom. The van der Waals surface area contributed by atoms with Gasteiger partial charge in [0.25, 0.3) is 0 Å². The molecule has 3 rings (SSSR count). The van der Waals surface area contributed by atoms with Crippen molar-refractivity contribution >= 4 is 16.0 Å². The first kappa shape index (κ1) is 12.6. The average Bonchev–Trinajstić information content (AvgIpc) is 3.00. The Labute approximate surface area is 110 Å². The number of aromatic nitrogens is 1. The molecule has 7 nitrogen and oxygen atoms in total. The number of nitrogens with zero attached hydrogens (tertiary/aromatic N) is 1. The van der Waals surface area contributed by atoms with Gasteiger partial charge in [0.2, 0.25) is 10.0 Å². The molecule has 1 aromatic heterocycles. The standard InChI is InChI=1S/C11H14N2O5S/c12-19(15,16)9-3-10(13(4-9)7-1-2-7)11(14)18-8-5-17-6-8/h3-4,7-8H,1-2,5-6H2,(H2,12,15,16). The summed E-state index contributed by atoms with van der Waals surface area (Å²) in [4.78, 5) is 11.9. The van der Waals surface area contributed by atoms with Crippen LogP contribution in [0.5, 0.6) is 0 Å². The normalized spacial score (nSPS) is 20.1. The number of carbonyl (C=O) groups excluding carboxylic acids is 1. The Hall–Kier alpha value is -1.38. The number of carbonyl (C=O) groups is 1. The quantitative estimate of drug-likeness (QED) is 0.787. The Morgan fingerprint density at radius 2 is 2.11 bits per heavy atom. The first-order chi connectivity index (χ1) is 8.95. The van der Waals surface area contributed by atoms with Crippen LogP contribution in [0.1, 0.15) is 29.4 Å². The summed E-state index contributed by atoms with van der Waals surface area (Å²) < 4.78 is 34.5. The second-order valence-corrected chi connectivity index (χ2v) is 6.37. The molecule has 1 aliphatic carbocycles. The van der Waals surface area contributed by atoms with Gasteiger partial charge in [0.05, 0.1) is 13.2 Å². The number of rotatable bonds is 4. The minimum atomic E-state index is -3.82. The molecule has 0 spiro atoms. The van der Waals surface area contributed by atoms with Gasteiger partial charge in [-0.3, -0.25) is 0 Å². The minimum absolute atomic E-state index is 0.0591. The maximum absolute atomic E-state index is 12.0. The summed E-state index contributed by atoms with van der Waals surface area (Å²) >= 11 is 0. The van der Waals surface area contributed by atoms with Gasteiger partial charge < -0.3 is 14.0 Å². The summed E-state index contributed by atoms with van der Waals surface area (Å²) in [6.07, 6.45) is 3.01. The molecular formula is C11H14N2O5S. The lowest BCUT2D eigenvalue weighted by molar-refractivity contribution is -0.103. The Balaban J connectivity index is 1.89. The lowest BCUT2D eigenvalue weighted by Gasteiger charge is -2.25. The van der Waals surface area contributed by atoms with Crippen LogP contribution < -0.4 is 5.14 Å². The monoisotopic (exact) mass is 286 g/mol. The van der Waals surface area contributed by atoms with Gasteiger partial charge in [-0.05, 0) is 18.9 Å². The molecule has 1 aliphatic heterocycles. The number of nitrogens with two attached hydrogens (primary N) is 1. The molecular weight excluding hydrogens is 272 g/mol. The summed E-state index contributed by atoms with van der Waals surface area (Å²) in [6.45, 7) is 0.774. The Morgan fingerprint density at radius 3 is 2.58 bits per heavy atom. The topological polar surface area (TPSA) is 101 Å². The van der Waals surface area contributed by atoms with Crippen LogP contribution in [-0.2, 0) is 19.5 Å². The third kappa shape index (κ3) is 2.51. The van der Waals surface area contributed by atoms with Gasteiger partial charge >= 0.3 is 5.97 Å². The molecule has 104 valence electrons. The number of hydrogen-bond acceptors (Lipinski definition) is 5. The molecule has 0 aromatic carbocycles. The Bertz CT molecular complexity index is 613. The smallest absolute Gasteiger partial charge is 0.355 e. The predicted molar refractivity (Wildman–Crippen MR) is 64.1 cm³/mol. The molecule has 0 radical (unpaired) electrons. The molecule has 0 bridgehead atoms. The van der Waals surface area contributed by atoms with E-state index in [0.717, 1.165) is 12.8 Å². The van der Waals surface area contributed by atoms with E-state index in [0.29, 0.717) is 13.2 Å². The van der Waals surface area contributed by atoms with E-state index in [1.54, 1.807) is 4.57 Å². The zero-order chi connectivity index (χ0) is 13.6. The van der Waals surface area contributed by atoms with Crippen molar-refractivity contribution in [3.8, 4) is 0 Å². The van der Waals surface area contributed by atoms with E-state index < -0.39 is 16.0 Å². The third-order valence-corrected chi connectivity index (χ3v) is 4.06. The van der Waals surface area contributed by atoms with E-state index in [4.69, 9.17) is 14.6 Å². The maximum atomic E-state index is 12.0. The zero-order valence-corrected chi connectivity index (χ0v) is 10.9. The van der Waals surface area contributed by atoms with Gasteiger partial charge in [0.1, 0.15) is 16.7 Å². The molecule has 1 saturated carbocycles. The summed E-state index contributed by atoms with van der Waals surface area (Å²) in [5.41, 5.74) is 0.235. The van der Waals surface area contributed by atoms with Gasteiger partial charge in [0, 0.05) is 12.2 Å². The van der Waals surface area contributed by atoms with Crippen LogP contribution in [0.25, 0.3) is 0 Å². The largest absolute Gasteiger partial charge is 0.453 e. The molecule has 1 saturated heterocycles. The van der Waals surface area contributed by atoms with Crippen LogP contribution in [-0.4, -0.2) is 38.3 Å². The molecule has 2 N–H and O–H groups in total. The summed E-state index contributed by atoms with van der Waals surface area (Å²) in [7, 11) is -3.82. The molecule has 2 aliphatic rings. The van der Waals surface area contributed by atoms with Crippen molar-refractivity contribution in [2.75, 3.05) is 13.2 Å². The van der Waals surface area contributed by atoms with Crippen LogP contribution in [0.2, 0.25) is 0 Å². The number of hydrogen-bond donors (Lipinski definition) is 1. The summed E-state index contributed by atoms with van der Waals surface area (Å²) in [6, 6.07) is 1.44. The number of sulfonamides is 1. The van der Waals surface area contributed by atoms with Gasteiger partial charge in [-0.15, -0.1) is 0 Å². The average molecular weight is 286 g/mol. The fraction of sp³-hybridized carbons (Fsp3) is 0.545. The van der Waals surface area contributed by atoms with E-state index in [1.807, 2.05) is 0 Å². The highest BCUT2D eigenvalue weighted by atomic mass is 32.2. The van der Waals surface area contributed by atoms with E-state index in [2.05, 4.69) is 0 Å². The lowest BCUT2D eigenvalue weighted by atomic mass is 10.3. The van der Waals surface area contributed by atoms with E-state index in [-0.39, 0.29) is 22.7 Å². The van der Waals surface area contributed by atoms with Crippen molar-refractivity contribution < 1.29 is 22.7 Å². The highest BCUT2D eigenvalue weighted by Crippen LogP contribution is 2.37. The lowest BCUT2D eigenvalue weighted by Crippen LogP contribution is -2.38. The van der Waals surface area contributed by atoms with Crippen molar-refractivity contribution in [1.29, 1.82) is 0 Å². The van der Waals surface area contributed by atoms with Gasteiger partial charge in [-0.2, -0.15) is 0 Å². The van der Waals surface area contributed by atoms with Gasteiger partial charge in [-0.25, -0.2) is 18.4 Å². The molecule has 0 atom stereocenters. The van der Waals surface area contributed by atoms with Crippen molar-refractivity contribution in [2.45, 2.75) is 29.9 Å². The van der Waals surface area contributed by atoms with Gasteiger partial charge in [-0.1, -0.05) is 0 Å². The van der Waals surface area contributed by atoms with Crippen LogP contribution in [0, 0.1) is 0 Å². The van der Waals surface area contributed by atoms with Crippen LogP contribution in [0.15, 0.2) is 17.2 Å². The fourth-order valence-corrected chi connectivity index (χ4v) is 2.46. The van der Waals surface area contributed by atoms with E-state index in [9.17, 15) is 13.2 Å². The van der Waals surface area contributed by atoms with Crippen molar-refractivity contribution in [3.05, 3.63) is 18.0 Å². The molecule has 8 heteroatoms. The van der Waals surface area contributed by atoms with Crippen molar-refractivity contribution in [2.24, 2.45) is 5.14 Å². The number of ether oxygens (including phenoxy) is 2. The molecule has 2 fully saturated rings. The van der Waals surface area contributed by atoms with Crippen molar-refractivity contribution in [1.82, 2.24) is 4.57 Å². The number of primary sulfonamides is 1. The fourth-order valence-electron chi connectivity index (χ4n) is 1.92. The Kier molecular flexibility index (Phi) is 2.88. The maximum Gasteiger partial charge on any atom is 0.355 e. The molecule has 0 unspecified atom stereocenters.